The number of fused-ring (bicyclic) bond motifs is 1. The molecule has 1 amide bonds. The van der Waals surface area contributed by atoms with Crippen LogP contribution in [0.3, 0.4) is 0 Å². The van der Waals surface area contributed by atoms with Gasteiger partial charge in [0, 0.05) is 6.92 Å². The standard InChI is InChI=1S/C16H19NO6S/c1-10-3-6-13(7-4-10)24(20,21)17-15(19)14-8-5-12(23-16(14)17)9-22-11(2)18/h3-4,6-7,12,14,16H,5,8-9H2,1-2H3/t12-,14-,16-/m0/s1. The summed E-state index contributed by atoms with van der Waals surface area (Å²) in [6.45, 7) is 3.21. The van der Waals surface area contributed by atoms with Crippen LogP contribution in [0.15, 0.2) is 29.2 Å². The first-order chi connectivity index (χ1) is 11.3. The number of benzene rings is 1. The molecule has 2 aliphatic heterocycles. The van der Waals surface area contributed by atoms with Crippen LogP contribution in [-0.4, -0.2) is 43.5 Å². The fourth-order valence-electron chi connectivity index (χ4n) is 2.95. The van der Waals surface area contributed by atoms with Crippen molar-refractivity contribution in [2.45, 2.75) is 43.9 Å². The molecule has 0 aliphatic carbocycles. The summed E-state index contributed by atoms with van der Waals surface area (Å²) < 4.78 is 36.8. The predicted octanol–water partition coefficient (Wildman–Crippen LogP) is 1.21. The van der Waals surface area contributed by atoms with Crippen LogP contribution in [-0.2, 0) is 29.1 Å². The third kappa shape index (κ3) is 2.91. The predicted molar refractivity (Wildman–Crippen MR) is 83.2 cm³/mol. The quantitative estimate of drug-likeness (QED) is 0.597. The van der Waals surface area contributed by atoms with E-state index in [9.17, 15) is 18.0 Å². The molecule has 24 heavy (non-hydrogen) atoms. The smallest absolute Gasteiger partial charge is 0.302 e. The second-order valence-electron chi connectivity index (χ2n) is 6.09. The van der Waals surface area contributed by atoms with Crippen molar-refractivity contribution in [2.75, 3.05) is 6.61 Å². The van der Waals surface area contributed by atoms with Crippen LogP contribution in [0.5, 0.6) is 0 Å². The third-order valence-corrected chi connectivity index (χ3v) is 6.07. The molecule has 0 N–H and O–H groups in total. The number of aryl methyl sites for hydroxylation is 1. The average Bonchev–Trinajstić information content (AvgIpc) is 2.52. The molecule has 8 heteroatoms. The van der Waals surface area contributed by atoms with Gasteiger partial charge < -0.3 is 9.47 Å². The van der Waals surface area contributed by atoms with Gasteiger partial charge in [0.1, 0.15) is 6.61 Å². The van der Waals surface area contributed by atoms with Gasteiger partial charge in [-0.1, -0.05) is 17.7 Å². The topological polar surface area (TPSA) is 90.0 Å². The van der Waals surface area contributed by atoms with E-state index in [4.69, 9.17) is 9.47 Å². The van der Waals surface area contributed by atoms with Gasteiger partial charge in [0.25, 0.3) is 10.0 Å². The third-order valence-electron chi connectivity index (χ3n) is 4.29. The van der Waals surface area contributed by atoms with Gasteiger partial charge >= 0.3 is 5.97 Å². The van der Waals surface area contributed by atoms with E-state index < -0.39 is 40.1 Å². The lowest BCUT2D eigenvalue weighted by Crippen LogP contribution is -2.66. The van der Waals surface area contributed by atoms with E-state index in [-0.39, 0.29) is 11.5 Å². The number of carbonyl (C=O) groups excluding carboxylic acids is 2. The summed E-state index contributed by atoms with van der Waals surface area (Å²) >= 11 is 0. The molecule has 0 spiro atoms. The number of nitrogens with zero attached hydrogens (tertiary/aromatic N) is 1. The van der Waals surface area contributed by atoms with Crippen molar-refractivity contribution in [3.8, 4) is 0 Å². The van der Waals surface area contributed by atoms with E-state index in [1.165, 1.54) is 19.1 Å². The number of esters is 1. The Kier molecular flexibility index (Phi) is 4.35. The maximum Gasteiger partial charge on any atom is 0.302 e. The van der Waals surface area contributed by atoms with Crippen molar-refractivity contribution >= 4 is 21.9 Å². The molecule has 130 valence electrons. The molecule has 0 unspecified atom stereocenters. The van der Waals surface area contributed by atoms with Gasteiger partial charge in [-0.2, -0.15) is 0 Å². The van der Waals surface area contributed by atoms with Gasteiger partial charge in [0.05, 0.1) is 16.9 Å². The summed E-state index contributed by atoms with van der Waals surface area (Å²) in [6.07, 6.45) is -0.148. The van der Waals surface area contributed by atoms with Crippen molar-refractivity contribution in [2.24, 2.45) is 5.92 Å². The molecule has 0 bridgehead atoms. The Balaban J connectivity index is 1.77. The monoisotopic (exact) mass is 353 g/mol. The van der Waals surface area contributed by atoms with Crippen molar-refractivity contribution in [3.05, 3.63) is 29.8 Å². The molecule has 7 nitrogen and oxygen atoms in total. The first-order valence-corrected chi connectivity index (χ1v) is 9.18. The van der Waals surface area contributed by atoms with Gasteiger partial charge in [-0.3, -0.25) is 9.59 Å². The molecule has 0 radical (unpaired) electrons. The van der Waals surface area contributed by atoms with E-state index in [0.717, 1.165) is 9.87 Å². The highest BCUT2D eigenvalue weighted by Crippen LogP contribution is 2.40. The summed E-state index contributed by atoms with van der Waals surface area (Å²) in [5, 5.41) is 0. The van der Waals surface area contributed by atoms with Gasteiger partial charge in [-0.25, -0.2) is 12.7 Å². The summed E-state index contributed by atoms with van der Waals surface area (Å²) in [6, 6.07) is 6.31. The van der Waals surface area contributed by atoms with Gasteiger partial charge in [0.2, 0.25) is 5.91 Å². The van der Waals surface area contributed by atoms with Crippen LogP contribution >= 0.6 is 0 Å². The largest absolute Gasteiger partial charge is 0.463 e. The van der Waals surface area contributed by atoms with Crippen molar-refractivity contribution in [3.63, 3.8) is 0 Å². The highest BCUT2D eigenvalue weighted by molar-refractivity contribution is 7.89. The van der Waals surface area contributed by atoms with Gasteiger partial charge in [-0.05, 0) is 31.9 Å². The highest BCUT2D eigenvalue weighted by atomic mass is 32.2. The van der Waals surface area contributed by atoms with Crippen LogP contribution in [0, 0.1) is 12.8 Å². The summed E-state index contributed by atoms with van der Waals surface area (Å²) in [4.78, 5) is 23.2. The highest BCUT2D eigenvalue weighted by Gasteiger charge is 2.57. The number of amides is 1. The van der Waals surface area contributed by atoms with Gasteiger partial charge in [0.15, 0.2) is 6.23 Å². The van der Waals surface area contributed by atoms with Crippen LogP contribution in [0.25, 0.3) is 0 Å². The second kappa shape index (κ2) is 6.18. The number of ether oxygens (including phenoxy) is 2. The molecule has 2 aliphatic rings. The summed E-state index contributed by atoms with van der Waals surface area (Å²) in [5.74, 6) is -1.31. The molecule has 2 saturated heterocycles. The van der Waals surface area contributed by atoms with E-state index >= 15 is 0 Å². The Labute approximate surface area is 140 Å². The minimum absolute atomic E-state index is 0.0607. The fraction of sp³-hybridized carbons (Fsp3) is 0.500. The molecular weight excluding hydrogens is 334 g/mol. The Morgan fingerprint density at radius 1 is 1.29 bits per heavy atom. The van der Waals surface area contributed by atoms with E-state index in [2.05, 4.69) is 0 Å². The van der Waals surface area contributed by atoms with Crippen molar-refractivity contribution in [1.82, 2.24) is 4.31 Å². The van der Waals surface area contributed by atoms with Crippen LogP contribution < -0.4 is 0 Å². The van der Waals surface area contributed by atoms with E-state index in [0.29, 0.717) is 12.8 Å². The number of rotatable bonds is 4. The SMILES string of the molecule is CC(=O)OC[C@@H]1CC[C@H]2C(=O)N(S(=O)(=O)c3ccc(C)cc3)[C@H]2O1. The zero-order chi connectivity index (χ0) is 17.5. The zero-order valence-electron chi connectivity index (χ0n) is 13.5. The lowest BCUT2D eigenvalue weighted by atomic mass is 9.89. The minimum atomic E-state index is -3.94. The Morgan fingerprint density at radius 3 is 2.58 bits per heavy atom. The molecule has 0 aromatic heterocycles. The lowest BCUT2D eigenvalue weighted by molar-refractivity contribution is -0.208. The lowest BCUT2D eigenvalue weighted by Gasteiger charge is -2.49. The van der Waals surface area contributed by atoms with Gasteiger partial charge in [-0.15, -0.1) is 0 Å². The fourth-order valence-corrected chi connectivity index (χ4v) is 4.50. The first kappa shape index (κ1) is 16.9. The Hall–Kier alpha value is -1.93. The number of carbonyl (C=O) groups is 2. The maximum atomic E-state index is 12.7. The normalized spacial score (nSPS) is 26.5. The van der Waals surface area contributed by atoms with Crippen molar-refractivity contribution < 1.29 is 27.5 Å². The summed E-state index contributed by atoms with van der Waals surface area (Å²) in [7, 11) is -3.94. The first-order valence-electron chi connectivity index (χ1n) is 7.74. The number of sulfonamides is 1. The zero-order valence-corrected chi connectivity index (χ0v) is 14.3. The molecule has 3 rings (SSSR count). The molecule has 2 heterocycles. The number of hydrogen-bond acceptors (Lipinski definition) is 6. The van der Waals surface area contributed by atoms with Crippen LogP contribution in [0.2, 0.25) is 0 Å². The second-order valence-corrected chi connectivity index (χ2v) is 7.90. The Morgan fingerprint density at radius 2 is 1.96 bits per heavy atom. The molecule has 1 aromatic carbocycles. The Bertz CT molecular complexity index is 757. The molecule has 3 atom stereocenters. The molecule has 2 fully saturated rings. The summed E-state index contributed by atoms with van der Waals surface area (Å²) in [5.41, 5.74) is 0.928. The van der Waals surface area contributed by atoms with E-state index in [1.54, 1.807) is 12.1 Å². The average molecular weight is 353 g/mol. The molecule has 0 saturated carbocycles. The maximum absolute atomic E-state index is 12.7. The minimum Gasteiger partial charge on any atom is -0.463 e. The molecule has 1 aromatic rings. The molecular formula is C16H19NO6S. The van der Waals surface area contributed by atoms with Crippen molar-refractivity contribution in [1.29, 1.82) is 0 Å². The van der Waals surface area contributed by atoms with Crippen LogP contribution in [0.1, 0.15) is 25.3 Å². The van der Waals surface area contributed by atoms with Crippen LogP contribution in [0.4, 0.5) is 0 Å². The number of β-lactam (4-membered cyclic amide) rings is 1. The van der Waals surface area contributed by atoms with E-state index in [1.807, 2.05) is 6.92 Å². The number of hydrogen-bond donors (Lipinski definition) is 0.